The van der Waals surface area contributed by atoms with Gasteiger partial charge in [-0.2, -0.15) is 0 Å². The van der Waals surface area contributed by atoms with E-state index in [2.05, 4.69) is 13.8 Å². The molecule has 0 bridgehead atoms. The number of rotatable bonds is 2. The number of hydrogen-bond donors (Lipinski definition) is 0. The Balaban J connectivity index is 2.19. The third kappa shape index (κ3) is 5.35. The van der Waals surface area contributed by atoms with Crippen molar-refractivity contribution in [3.63, 3.8) is 0 Å². The van der Waals surface area contributed by atoms with Gasteiger partial charge < -0.3 is 0 Å². The van der Waals surface area contributed by atoms with Crippen LogP contribution in [-0.2, 0) is 0 Å². The molecular weight excluding hydrogens is 192 g/mol. The summed E-state index contributed by atoms with van der Waals surface area (Å²) in [6.07, 6.45) is 0. The van der Waals surface area contributed by atoms with E-state index in [1.807, 2.05) is 0 Å². The Bertz CT molecular complexity index is 11.1. The molecule has 0 aromatic carbocycles. The van der Waals surface area contributed by atoms with Crippen LogP contribution in [0.3, 0.4) is 0 Å². The van der Waals surface area contributed by atoms with Crippen molar-refractivity contribution >= 4 is 0 Å². The van der Waals surface area contributed by atoms with Gasteiger partial charge in [0, 0.05) is 0 Å². The van der Waals surface area contributed by atoms with Crippen molar-refractivity contribution < 1.29 is 36.7 Å². The first-order valence-electron chi connectivity index (χ1n) is 2.12. The van der Waals surface area contributed by atoms with E-state index in [0.717, 1.165) is 0 Å². The van der Waals surface area contributed by atoms with Gasteiger partial charge in [0.1, 0.15) is 0 Å². The standard InChI is InChI=1S/2C2H5.Nd/c2*1-2;/h2*1H2,2H3;. The van der Waals surface area contributed by atoms with Gasteiger partial charge in [-0.05, 0) is 0 Å². The van der Waals surface area contributed by atoms with Crippen molar-refractivity contribution in [2.24, 2.45) is 0 Å². The molecule has 0 rings (SSSR count). The van der Waals surface area contributed by atoms with Crippen LogP contribution in [0.15, 0.2) is 0 Å². The Morgan fingerprint density at radius 1 is 1.20 bits per heavy atom. The minimum atomic E-state index is 0.0494. The van der Waals surface area contributed by atoms with Crippen molar-refractivity contribution in [1.29, 1.82) is 0 Å². The monoisotopic (exact) mass is 200 g/mol. The molecule has 0 N–H and O–H groups in total. The van der Waals surface area contributed by atoms with Gasteiger partial charge in [-0.15, -0.1) is 0 Å². The van der Waals surface area contributed by atoms with Crippen LogP contribution in [0.2, 0.25) is 4.14 Å². The molecule has 0 nitrogen and oxygen atoms in total. The summed E-state index contributed by atoms with van der Waals surface area (Å²) in [5.74, 6) is 0. The fourth-order valence-corrected chi connectivity index (χ4v) is 1.85. The zero-order chi connectivity index (χ0) is 4.12. The zero-order valence-electron chi connectivity index (χ0n) is 3.91. The molecule has 0 atom stereocenters. The summed E-state index contributed by atoms with van der Waals surface area (Å²) in [7, 11) is 0. The Morgan fingerprint density at radius 3 is 1.60 bits per heavy atom. The van der Waals surface area contributed by atoms with Crippen LogP contribution < -0.4 is 0 Å². The van der Waals surface area contributed by atoms with Crippen LogP contribution in [0.1, 0.15) is 13.8 Å². The summed E-state index contributed by atoms with van der Waals surface area (Å²) in [4.78, 5) is 0. The van der Waals surface area contributed by atoms with Crippen molar-refractivity contribution in [1.82, 2.24) is 0 Å². The summed E-state index contributed by atoms with van der Waals surface area (Å²) in [5.41, 5.74) is 0. The minimum absolute atomic E-state index is 0.0494. The normalized spacial score (nSPS) is 7.60. The zero-order valence-corrected chi connectivity index (χ0v) is 7.12. The second-order valence-corrected chi connectivity index (χ2v) is 7.10. The van der Waals surface area contributed by atoms with Crippen LogP contribution in [0, 0.1) is 36.7 Å². The van der Waals surface area contributed by atoms with Crippen molar-refractivity contribution in [3.8, 4) is 0 Å². The average molecular weight is 202 g/mol. The molecule has 5 heavy (non-hydrogen) atoms. The van der Waals surface area contributed by atoms with Crippen molar-refractivity contribution in [2.45, 2.75) is 18.0 Å². The van der Waals surface area contributed by atoms with Gasteiger partial charge in [0.25, 0.3) is 0 Å². The van der Waals surface area contributed by atoms with Crippen LogP contribution in [-0.4, -0.2) is 0 Å². The molecule has 1 heteroatoms. The van der Waals surface area contributed by atoms with Gasteiger partial charge in [-0.3, -0.25) is 0 Å². The van der Waals surface area contributed by atoms with Crippen LogP contribution in [0.5, 0.6) is 0 Å². The van der Waals surface area contributed by atoms with Gasteiger partial charge in [-0.25, -0.2) is 0 Å². The van der Waals surface area contributed by atoms with E-state index in [9.17, 15) is 0 Å². The SMILES string of the molecule is C[CH2][Nd][CH2]C. The Morgan fingerprint density at radius 2 is 1.60 bits per heavy atom. The Hall–Kier alpha value is 1.35. The predicted molar refractivity (Wildman–Crippen MR) is 21.0 cm³/mol. The molecule has 0 aromatic rings. The predicted octanol–water partition coefficient (Wildman–Crippen LogP) is 1.95. The van der Waals surface area contributed by atoms with E-state index in [4.69, 9.17) is 0 Å². The van der Waals surface area contributed by atoms with E-state index < -0.39 is 0 Å². The fraction of sp³-hybridized carbons (Fsp3) is 1.00. The molecule has 30 valence electrons. The van der Waals surface area contributed by atoms with Gasteiger partial charge in [0.2, 0.25) is 0 Å². The third-order valence-electron chi connectivity index (χ3n) is 0.500. The molecule has 0 radical (unpaired) electrons. The molecule has 0 aliphatic rings. The summed E-state index contributed by atoms with van der Waals surface area (Å²) in [5, 5.41) is 0. The molecule has 0 spiro atoms. The molecule has 0 aliphatic heterocycles. The molecule has 0 heterocycles. The molecule has 0 amide bonds. The summed E-state index contributed by atoms with van der Waals surface area (Å²) >= 11 is 0.0494. The molecular formula is C4H10Nd. The molecule has 0 unspecified atom stereocenters. The van der Waals surface area contributed by atoms with Crippen LogP contribution >= 0.6 is 0 Å². The maximum absolute atomic E-state index is 2.30. The average Bonchev–Trinajstić information content (AvgIpc) is 1.41. The first-order chi connectivity index (χ1) is 2.41. The van der Waals surface area contributed by atoms with Crippen LogP contribution in [0.25, 0.3) is 0 Å². The van der Waals surface area contributed by atoms with E-state index in [1.165, 1.54) is 4.14 Å². The molecule has 0 saturated heterocycles. The topological polar surface area (TPSA) is 0 Å². The molecule has 0 aromatic heterocycles. The van der Waals surface area contributed by atoms with Crippen LogP contribution in [0.4, 0.5) is 0 Å². The van der Waals surface area contributed by atoms with Crippen molar-refractivity contribution in [3.05, 3.63) is 0 Å². The van der Waals surface area contributed by atoms with E-state index in [1.54, 1.807) is 0 Å². The van der Waals surface area contributed by atoms with E-state index >= 15 is 0 Å². The van der Waals surface area contributed by atoms with Gasteiger partial charge in [0.15, 0.2) is 0 Å². The second kappa shape index (κ2) is 5.35. The van der Waals surface area contributed by atoms with Gasteiger partial charge in [-0.1, -0.05) is 0 Å². The van der Waals surface area contributed by atoms with Gasteiger partial charge >= 0.3 is 54.7 Å². The molecule has 0 saturated carbocycles. The summed E-state index contributed by atoms with van der Waals surface area (Å²) in [6, 6.07) is 0. The Labute approximate surface area is 54.0 Å². The summed E-state index contributed by atoms with van der Waals surface area (Å²) in [6.45, 7) is 4.60. The number of hydrogen-bond acceptors (Lipinski definition) is 0. The van der Waals surface area contributed by atoms with E-state index in [0.29, 0.717) is 0 Å². The molecule has 0 fully saturated rings. The first-order valence-corrected chi connectivity index (χ1v) is 6.66. The quantitative estimate of drug-likeness (QED) is 0.642. The summed E-state index contributed by atoms with van der Waals surface area (Å²) < 4.78 is 3.08. The Kier molecular flexibility index (Phi) is 6.80. The first kappa shape index (κ1) is 6.35. The van der Waals surface area contributed by atoms with Crippen molar-refractivity contribution in [2.75, 3.05) is 0 Å². The maximum atomic E-state index is 2.30. The third-order valence-corrected chi connectivity index (χ3v) is 3.71. The molecule has 0 aliphatic carbocycles. The second-order valence-electron chi connectivity index (χ2n) is 0.957. The van der Waals surface area contributed by atoms with E-state index in [-0.39, 0.29) is 36.7 Å². The fourth-order valence-electron chi connectivity index (χ4n) is 0.250. The van der Waals surface area contributed by atoms with Gasteiger partial charge in [0.05, 0.1) is 0 Å².